The minimum absolute atomic E-state index is 0.0431. The molecule has 0 aliphatic carbocycles. The van der Waals surface area contributed by atoms with E-state index >= 15 is 0 Å². The van der Waals surface area contributed by atoms with Crippen molar-refractivity contribution in [2.24, 2.45) is 5.73 Å². The summed E-state index contributed by atoms with van der Waals surface area (Å²) in [7, 11) is 1.74. The second-order valence-electron chi connectivity index (χ2n) is 5.16. The van der Waals surface area contributed by atoms with E-state index < -0.39 is 12.5 Å². The van der Waals surface area contributed by atoms with E-state index in [4.69, 9.17) is 10.6 Å². The SMILES string of the molecule is CCNOC(C)CC(N)/C(C)=C/NC(CCNC)C(F)F. The third-order valence-electron chi connectivity index (χ3n) is 3.13. The second kappa shape index (κ2) is 11.9. The van der Waals surface area contributed by atoms with Crippen LogP contribution in [0.2, 0.25) is 0 Å². The maximum absolute atomic E-state index is 12.8. The fraction of sp³-hybridized carbons (Fsp3) is 0.857. The van der Waals surface area contributed by atoms with Gasteiger partial charge in [-0.25, -0.2) is 14.3 Å². The van der Waals surface area contributed by atoms with Crippen molar-refractivity contribution in [1.82, 2.24) is 16.1 Å². The first-order chi connectivity index (χ1) is 9.92. The van der Waals surface area contributed by atoms with Crippen LogP contribution in [0, 0.1) is 0 Å². The molecule has 0 aromatic heterocycles. The first-order valence-corrected chi connectivity index (χ1v) is 7.41. The van der Waals surface area contributed by atoms with E-state index in [-0.39, 0.29) is 12.1 Å². The van der Waals surface area contributed by atoms with Crippen LogP contribution in [0.4, 0.5) is 8.78 Å². The van der Waals surface area contributed by atoms with E-state index in [1.165, 1.54) is 0 Å². The van der Waals surface area contributed by atoms with Gasteiger partial charge in [-0.3, -0.25) is 4.84 Å². The molecular formula is C14H30F2N4O. The molecule has 0 radical (unpaired) electrons. The molecule has 0 saturated carbocycles. The third kappa shape index (κ3) is 9.73. The summed E-state index contributed by atoms with van der Waals surface area (Å²) < 4.78 is 25.7. The number of nitrogens with two attached hydrogens (primary N) is 1. The number of hydrogen-bond donors (Lipinski definition) is 4. The molecule has 0 spiro atoms. The normalized spacial score (nSPS) is 16.9. The average Bonchev–Trinajstić information content (AvgIpc) is 2.44. The van der Waals surface area contributed by atoms with Crippen LogP contribution < -0.4 is 21.8 Å². The summed E-state index contributed by atoms with van der Waals surface area (Å²) in [5.74, 6) is 0. The number of halogens is 2. The molecule has 0 rings (SSSR count). The molecule has 0 fully saturated rings. The first kappa shape index (κ1) is 20.2. The van der Waals surface area contributed by atoms with Crippen molar-refractivity contribution in [3.8, 4) is 0 Å². The molecule has 0 aliphatic rings. The van der Waals surface area contributed by atoms with Crippen molar-refractivity contribution < 1.29 is 13.6 Å². The maximum Gasteiger partial charge on any atom is 0.258 e. The van der Waals surface area contributed by atoms with Crippen LogP contribution in [-0.2, 0) is 4.84 Å². The van der Waals surface area contributed by atoms with Crippen molar-refractivity contribution in [3.63, 3.8) is 0 Å². The Labute approximate surface area is 126 Å². The Morgan fingerprint density at radius 2 is 2.05 bits per heavy atom. The number of hydroxylamine groups is 1. The lowest BCUT2D eigenvalue weighted by Crippen LogP contribution is -2.36. The molecular weight excluding hydrogens is 278 g/mol. The van der Waals surface area contributed by atoms with Gasteiger partial charge < -0.3 is 16.4 Å². The van der Waals surface area contributed by atoms with Gasteiger partial charge in [0.05, 0.1) is 12.1 Å². The minimum Gasteiger partial charge on any atom is -0.383 e. The number of rotatable bonds is 12. The number of alkyl halides is 2. The largest absolute Gasteiger partial charge is 0.383 e. The Morgan fingerprint density at radius 1 is 1.38 bits per heavy atom. The molecule has 0 aromatic rings. The van der Waals surface area contributed by atoms with Gasteiger partial charge in [-0.1, -0.05) is 6.92 Å². The Kier molecular flexibility index (Phi) is 11.4. The van der Waals surface area contributed by atoms with Crippen molar-refractivity contribution >= 4 is 0 Å². The zero-order valence-electron chi connectivity index (χ0n) is 13.5. The quantitative estimate of drug-likeness (QED) is 0.410. The molecule has 0 heterocycles. The van der Waals surface area contributed by atoms with Crippen molar-refractivity contribution in [3.05, 3.63) is 11.8 Å². The van der Waals surface area contributed by atoms with Crippen molar-refractivity contribution in [1.29, 1.82) is 0 Å². The van der Waals surface area contributed by atoms with Crippen molar-refractivity contribution in [2.45, 2.75) is 58.2 Å². The fourth-order valence-corrected chi connectivity index (χ4v) is 1.74. The molecule has 0 aromatic carbocycles. The predicted molar refractivity (Wildman–Crippen MR) is 82.0 cm³/mol. The lowest BCUT2D eigenvalue weighted by Gasteiger charge is -2.20. The monoisotopic (exact) mass is 308 g/mol. The van der Waals surface area contributed by atoms with Gasteiger partial charge in [-0.2, -0.15) is 0 Å². The highest BCUT2D eigenvalue weighted by Crippen LogP contribution is 2.09. The van der Waals surface area contributed by atoms with Crippen molar-refractivity contribution in [2.75, 3.05) is 20.1 Å². The summed E-state index contributed by atoms with van der Waals surface area (Å²) >= 11 is 0. The van der Waals surface area contributed by atoms with Gasteiger partial charge in [0.1, 0.15) is 0 Å². The van der Waals surface area contributed by atoms with Gasteiger partial charge in [0, 0.05) is 12.6 Å². The Hall–Kier alpha value is -0.760. The van der Waals surface area contributed by atoms with Crippen LogP contribution in [0.25, 0.3) is 0 Å². The van der Waals surface area contributed by atoms with Crippen LogP contribution in [0.15, 0.2) is 11.8 Å². The lowest BCUT2D eigenvalue weighted by molar-refractivity contribution is -0.0176. The smallest absolute Gasteiger partial charge is 0.258 e. The third-order valence-corrected chi connectivity index (χ3v) is 3.13. The number of nitrogens with one attached hydrogen (secondary N) is 3. The van der Waals surface area contributed by atoms with E-state index in [0.717, 1.165) is 12.1 Å². The van der Waals surface area contributed by atoms with Crippen LogP contribution in [0.5, 0.6) is 0 Å². The lowest BCUT2D eigenvalue weighted by atomic mass is 10.0. The molecule has 0 amide bonds. The first-order valence-electron chi connectivity index (χ1n) is 7.41. The number of hydrogen-bond acceptors (Lipinski definition) is 5. The van der Waals surface area contributed by atoms with Crippen LogP contribution >= 0.6 is 0 Å². The topological polar surface area (TPSA) is 71.3 Å². The Bertz CT molecular complexity index is 290. The van der Waals surface area contributed by atoms with Gasteiger partial charge in [0.2, 0.25) is 0 Å². The highest BCUT2D eigenvalue weighted by molar-refractivity contribution is 5.06. The summed E-state index contributed by atoms with van der Waals surface area (Å²) in [6, 6.07) is -1.09. The van der Waals surface area contributed by atoms with Crippen LogP contribution in [-0.4, -0.2) is 44.8 Å². The molecule has 0 aliphatic heterocycles. The zero-order chi connectivity index (χ0) is 16.3. The summed E-state index contributed by atoms with van der Waals surface area (Å²) in [5.41, 5.74) is 9.65. The molecule has 5 N–H and O–H groups in total. The summed E-state index contributed by atoms with van der Waals surface area (Å²) in [6.45, 7) is 6.94. The Morgan fingerprint density at radius 3 is 2.57 bits per heavy atom. The fourth-order valence-electron chi connectivity index (χ4n) is 1.74. The maximum atomic E-state index is 12.8. The standard InChI is InChI=1S/C14H30F2N4O/c1-5-20-21-11(3)8-12(17)10(2)9-19-13(14(15)16)6-7-18-4/h9,11-14,18-20H,5-8,17H2,1-4H3/b10-9+. The van der Waals surface area contributed by atoms with Gasteiger partial charge in [-0.05, 0) is 52.1 Å². The molecule has 0 bridgehead atoms. The summed E-state index contributed by atoms with van der Waals surface area (Å²) in [6.07, 6.45) is 0.116. The van der Waals surface area contributed by atoms with E-state index in [0.29, 0.717) is 19.4 Å². The zero-order valence-corrected chi connectivity index (χ0v) is 13.5. The van der Waals surface area contributed by atoms with Crippen LogP contribution in [0.1, 0.15) is 33.6 Å². The van der Waals surface area contributed by atoms with Crippen LogP contribution in [0.3, 0.4) is 0 Å². The average molecular weight is 308 g/mol. The van der Waals surface area contributed by atoms with Gasteiger partial charge in [-0.15, -0.1) is 0 Å². The molecule has 21 heavy (non-hydrogen) atoms. The van der Waals surface area contributed by atoms with Gasteiger partial charge in [0.25, 0.3) is 6.43 Å². The predicted octanol–water partition coefficient (Wildman–Crippen LogP) is 1.37. The van der Waals surface area contributed by atoms with E-state index in [9.17, 15) is 8.78 Å². The summed E-state index contributed by atoms with van der Waals surface area (Å²) in [4.78, 5) is 5.32. The molecule has 5 nitrogen and oxygen atoms in total. The van der Waals surface area contributed by atoms with Gasteiger partial charge in [0.15, 0.2) is 0 Å². The van der Waals surface area contributed by atoms with E-state index in [1.54, 1.807) is 13.2 Å². The minimum atomic E-state index is -2.41. The molecule has 7 heteroatoms. The molecule has 3 unspecified atom stereocenters. The highest BCUT2D eigenvalue weighted by atomic mass is 19.3. The highest BCUT2D eigenvalue weighted by Gasteiger charge is 2.18. The second-order valence-corrected chi connectivity index (χ2v) is 5.16. The molecule has 3 atom stereocenters. The van der Waals surface area contributed by atoms with E-state index in [2.05, 4.69) is 16.1 Å². The van der Waals surface area contributed by atoms with E-state index in [1.807, 2.05) is 20.8 Å². The molecule has 0 saturated heterocycles. The Balaban J connectivity index is 4.29. The summed E-state index contributed by atoms with van der Waals surface area (Å²) in [5, 5.41) is 5.63. The van der Waals surface area contributed by atoms with Gasteiger partial charge >= 0.3 is 0 Å². The molecule has 126 valence electrons.